The standard InChI is InChI=1S/C15H22BrN5/c1-4-10(2)11-7-5-6-8-21(11)15-12-13(16)19-20(3)14(12)17-9-18-15/h9-11H,4-8H2,1-3H3/t10-,11-/m1/s1. The molecule has 2 aromatic heterocycles. The van der Waals surface area contributed by atoms with Crippen molar-refractivity contribution in [1.82, 2.24) is 19.7 Å². The normalized spacial score (nSPS) is 21.0. The lowest BCUT2D eigenvalue weighted by Crippen LogP contribution is -2.44. The molecule has 2 aromatic rings. The SMILES string of the molecule is CC[C@@H](C)[C@H]1CCCCN1c1ncnc2c1c(Br)nn2C. The molecule has 3 heterocycles. The predicted octanol–water partition coefficient (Wildman–Crippen LogP) is 3.53. The largest absolute Gasteiger partial charge is 0.353 e. The third-order valence-electron chi connectivity index (χ3n) is 4.68. The van der Waals surface area contributed by atoms with E-state index in [1.54, 1.807) is 6.33 Å². The summed E-state index contributed by atoms with van der Waals surface area (Å²) in [5, 5.41) is 5.48. The lowest BCUT2D eigenvalue weighted by Gasteiger charge is -2.40. The molecule has 0 amide bonds. The summed E-state index contributed by atoms with van der Waals surface area (Å²) < 4.78 is 2.65. The Morgan fingerprint density at radius 3 is 2.95 bits per heavy atom. The van der Waals surface area contributed by atoms with Crippen LogP contribution in [-0.4, -0.2) is 32.3 Å². The van der Waals surface area contributed by atoms with Gasteiger partial charge >= 0.3 is 0 Å². The van der Waals surface area contributed by atoms with Crippen LogP contribution in [0.3, 0.4) is 0 Å². The van der Waals surface area contributed by atoms with Gasteiger partial charge in [0.1, 0.15) is 16.7 Å². The Labute approximate surface area is 133 Å². The van der Waals surface area contributed by atoms with Gasteiger partial charge in [0.25, 0.3) is 0 Å². The minimum absolute atomic E-state index is 0.564. The molecule has 0 aromatic carbocycles. The van der Waals surface area contributed by atoms with E-state index in [0.29, 0.717) is 12.0 Å². The Kier molecular flexibility index (Phi) is 4.15. The molecule has 6 heteroatoms. The van der Waals surface area contributed by atoms with Crippen molar-refractivity contribution in [3.8, 4) is 0 Å². The second-order valence-electron chi connectivity index (χ2n) is 5.95. The highest BCUT2D eigenvalue weighted by Gasteiger charge is 2.29. The number of aryl methyl sites for hydroxylation is 1. The topological polar surface area (TPSA) is 46.8 Å². The van der Waals surface area contributed by atoms with Gasteiger partial charge in [0, 0.05) is 19.6 Å². The van der Waals surface area contributed by atoms with E-state index in [2.05, 4.69) is 49.7 Å². The van der Waals surface area contributed by atoms with Gasteiger partial charge in [-0.15, -0.1) is 0 Å². The van der Waals surface area contributed by atoms with Crippen molar-refractivity contribution >= 4 is 32.8 Å². The van der Waals surface area contributed by atoms with E-state index in [1.807, 2.05) is 11.7 Å². The number of aromatic nitrogens is 4. The summed E-state index contributed by atoms with van der Waals surface area (Å²) in [4.78, 5) is 11.5. The van der Waals surface area contributed by atoms with Crippen molar-refractivity contribution in [3.05, 3.63) is 10.9 Å². The summed E-state index contributed by atoms with van der Waals surface area (Å²) >= 11 is 3.57. The molecule has 0 N–H and O–H groups in total. The lowest BCUT2D eigenvalue weighted by atomic mass is 9.89. The molecule has 0 unspecified atom stereocenters. The Bertz CT molecular complexity index is 638. The summed E-state index contributed by atoms with van der Waals surface area (Å²) in [5.41, 5.74) is 0.889. The molecular weight excluding hydrogens is 330 g/mol. The van der Waals surface area contributed by atoms with Gasteiger partial charge in [-0.05, 0) is 41.1 Å². The lowest BCUT2D eigenvalue weighted by molar-refractivity contribution is 0.347. The van der Waals surface area contributed by atoms with Crippen molar-refractivity contribution in [3.63, 3.8) is 0 Å². The summed E-state index contributed by atoms with van der Waals surface area (Å²) in [5.74, 6) is 1.70. The molecule has 1 aliphatic heterocycles. The van der Waals surface area contributed by atoms with E-state index in [4.69, 9.17) is 0 Å². The number of fused-ring (bicyclic) bond motifs is 1. The number of halogens is 1. The maximum absolute atomic E-state index is 4.60. The summed E-state index contributed by atoms with van der Waals surface area (Å²) in [6.45, 7) is 5.69. The molecule has 0 bridgehead atoms. The highest BCUT2D eigenvalue weighted by atomic mass is 79.9. The molecule has 0 aliphatic carbocycles. The number of nitrogens with zero attached hydrogens (tertiary/aromatic N) is 5. The van der Waals surface area contributed by atoms with Gasteiger partial charge in [-0.1, -0.05) is 20.3 Å². The number of anilines is 1. The molecule has 21 heavy (non-hydrogen) atoms. The minimum Gasteiger partial charge on any atom is -0.353 e. The maximum Gasteiger partial charge on any atom is 0.164 e. The summed E-state index contributed by atoms with van der Waals surface area (Å²) in [6.07, 6.45) is 6.65. The predicted molar refractivity (Wildman–Crippen MR) is 88.4 cm³/mol. The smallest absolute Gasteiger partial charge is 0.164 e. The van der Waals surface area contributed by atoms with Gasteiger partial charge in [0.2, 0.25) is 0 Å². The molecule has 0 spiro atoms. The van der Waals surface area contributed by atoms with E-state index in [9.17, 15) is 0 Å². The zero-order valence-electron chi connectivity index (χ0n) is 12.9. The van der Waals surface area contributed by atoms with Crippen LogP contribution in [-0.2, 0) is 7.05 Å². The van der Waals surface area contributed by atoms with Crippen molar-refractivity contribution in [2.75, 3.05) is 11.4 Å². The Balaban J connectivity index is 2.09. The number of piperidine rings is 1. The van der Waals surface area contributed by atoms with Crippen LogP contribution in [0.25, 0.3) is 11.0 Å². The van der Waals surface area contributed by atoms with E-state index in [-0.39, 0.29) is 0 Å². The molecule has 0 radical (unpaired) electrons. The monoisotopic (exact) mass is 351 g/mol. The first kappa shape index (κ1) is 14.8. The fourth-order valence-electron chi connectivity index (χ4n) is 3.33. The third-order valence-corrected chi connectivity index (χ3v) is 5.24. The highest BCUT2D eigenvalue weighted by molar-refractivity contribution is 9.10. The van der Waals surface area contributed by atoms with Gasteiger partial charge < -0.3 is 4.90 Å². The Morgan fingerprint density at radius 1 is 1.38 bits per heavy atom. The van der Waals surface area contributed by atoms with Crippen LogP contribution in [0.1, 0.15) is 39.5 Å². The average molecular weight is 352 g/mol. The van der Waals surface area contributed by atoms with Gasteiger partial charge in [0.15, 0.2) is 5.65 Å². The Hall–Kier alpha value is -1.17. The number of hydrogen-bond acceptors (Lipinski definition) is 4. The van der Waals surface area contributed by atoms with E-state index in [0.717, 1.165) is 28.0 Å². The van der Waals surface area contributed by atoms with Crippen LogP contribution in [0.2, 0.25) is 0 Å². The quantitative estimate of drug-likeness (QED) is 0.848. The maximum atomic E-state index is 4.60. The van der Waals surface area contributed by atoms with Crippen molar-refractivity contribution in [2.45, 2.75) is 45.6 Å². The molecule has 1 aliphatic rings. The fraction of sp³-hybridized carbons (Fsp3) is 0.667. The van der Waals surface area contributed by atoms with Gasteiger partial charge in [-0.3, -0.25) is 0 Å². The van der Waals surface area contributed by atoms with E-state index < -0.39 is 0 Å². The molecular formula is C15H22BrN5. The zero-order valence-corrected chi connectivity index (χ0v) is 14.5. The highest BCUT2D eigenvalue weighted by Crippen LogP contribution is 2.35. The zero-order chi connectivity index (χ0) is 15.0. The van der Waals surface area contributed by atoms with Crippen LogP contribution in [0.15, 0.2) is 10.9 Å². The molecule has 3 rings (SSSR count). The molecule has 1 saturated heterocycles. The minimum atomic E-state index is 0.564. The molecule has 0 saturated carbocycles. The van der Waals surface area contributed by atoms with Crippen LogP contribution in [0.5, 0.6) is 0 Å². The first-order valence-electron chi connectivity index (χ1n) is 7.73. The molecule has 1 fully saturated rings. The van der Waals surface area contributed by atoms with Crippen LogP contribution in [0, 0.1) is 5.92 Å². The van der Waals surface area contributed by atoms with E-state index in [1.165, 1.54) is 25.7 Å². The summed E-state index contributed by atoms with van der Waals surface area (Å²) in [6, 6.07) is 0.564. The average Bonchev–Trinajstić information content (AvgIpc) is 2.81. The van der Waals surface area contributed by atoms with Gasteiger partial charge in [0.05, 0.1) is 5.39 Å². The van der Waals surface area contributed by atoms with Crippen LogP contribution < -0.4 is 4.90 Å². The van der Waals surface area contributed by atoms with Gasteiger partial charge in [-0.25, -0.2) is 14.6 Å². The number of rotatable bonds is 3. The summed E-state index contributed by atoms with van der Waals surface area (Å²) in [7, 11) is 1.92. The van der Waals surface area contributed by atoms with Crippen LogP contribution >= 0.6 is 15.9 Å². The third kappa shape index (κ3) is 2.54. The first-order chi connectivity index (χ1) is 10.1. The first-order valence-corrected chi connectivity index (χ1v) is 8.52. The van der Waals surface area contributed by atoms with E-state index >= 15 is 0 Å². The van der Waals surface area contributed by atoms with Gasteiger partial charge in [-0.2, -0.15) is 5.10 Å². The van der Waals surface area contributed by atoms with Crippen molar-refractivity contribution in [2.24, 2.45) is 13.0 Å². The fourth-order valence-corrected chi connectivity index (χ4v) is 3.92. The number of hydrogen-bond donors (Lipinski definition) is 0. The second kappa shape index (κ2) is 5.91. The van der Waals surface area contributed by atoms with Crippen LogP contribution in [0.4, 0.5) is 5.82 Å². The molecule has 114 valence electrons. The van der Waals surface area contributed by atoms with Crippen molar-refractivity contribution < 1.29 is 0 Å². The van der Waals surface area contributed by atoms with Crippen molar-refractivity contribution in [1.29, 1.82) is 0 Å². The second-order valence-corrected chi connectivity index (χ2v) is 6.70. The Morgan fingerprint density at radius 2 is 2.19 bits per heavy atom. The molecule has 5 nitrogen and oxygen atoms in total. The molecule has 2 atom stereocenters.